The molecule has 150 valence electrons. The number of benzene rings is 1. The molecule has 1 aromatic heterocycles. The van der Waals surface area contributed by atoms with E-state index in [1.807, 2.05) is 4.90 Å². The van der Waals surface area contributed by atoms with Crippen LogP contribution in [0.3, 0.4) is 0 Å². The fraction of sp³-hybridized carbons (Fsp3) is 0.333. The first-order valence-corrected chi connectivity index (χ1v) is 9.03. The van der Waals surface area contributed by atoms with E-state index in [1.165, 1.54) is 23.1 Å². The molecule has 0 aliphatic carbocycles. The highest BCUT2D eigenvalue weighted by molar-refractivity contribution is 6.02. The average Bonchev–Trinajstić information content (AvgIpc) is 2.76. The minimum absolute atomic E-state index is 0.169. The number of piperazine rings is 1. The second-order valence-electron chi connectivity index (χ2n) is 6.61. The number of carbonyl (C=O) groups is 2. The predicted molar refractivity (Wildman–Crippen MR) is 102 cm³/mol. The van der Waals surface area contributed by atoms with Crippen molar-refractivity contribution in [2.24, 2.45) is 0 Å². The van der Waals surface area contributed by atoms with Gasteiger partial charge in [0.15, 0.2) is 6.61 Å². The first-order chi connectivity index (χ1) is 14.0. The summed E-state index contributed by atoms with van der Waals surface area (Å²) in [5.41, 5.74) is 0.0686. The van der Waals surface area contributed by atoms with E-state index in [-0.39, 0.29) is 30.4 Å². The smallest absolute Gasteiger partial charge is 0.271 e. The zero-order valence-electron chi connectivity index (χ0n) is 15.4. The summed E-state index contributed by atoms with van der Waals surface area (Å²) < 4.78 is 5.33. The number of aromatic nitrogens is 2. The van der Waals surface area contributed by atoms with Crippen LogP contribution in [0.25, 0.3) is 0 Å². The Hall–Kier alpha value is -3.76. The van der Waals surface area contributed by atoms with Gasteiger partial charge in [0.25, 0.3) is 11.6 Å². The topological polar surface area (TPSA) is 122 Å². The van der Waals surface area contributed by atoms with E-state index in [4.69, 9.17) is 4.74 Å². The molecular weight excluding hydrogens is 380 g/mol. The van der Waals surface area contributed by atoms with Gasteiger partial charge in [-0.15, -0.1) is 0 Å². The van der Waals surface area contributed by atoms with Crippen molar-refractivity contribution in [1.82, 2.24) is 14.9 Å². The summed E-state index contributed by atoms with van der Waals surface area (Å²) in [6, 6.07) is 4.00. The molecule has 2 aromatic rings. The van der Waals surface area contributed by atoms with Crippen LogP contribution in [0, 0.1) is 10.1 Å². The second-order valence-corrected chi connectivity index (χ2v) is 6.61. The van der Waals surface area contributed by atoms with Crippen molar-refractivity contribution >= 4 is 29.0 Å². The Bertz CT molecular complexity index is 945. The molecule has 2 aliphatic rings. The van der Waals surface area contributed by atoms with Crippen LogP contribution in [0.1, 0.15) is 0 Å². The highest BCUT2D eigenvalue weighted by atomic mass is 16.6. The van der Waals surface area contributed by atoms with Gasteiger partial charge in [-0.1, -0.05) is 0 Å². The Labute approximate surface area is 165 Å². The van der Waals surface area contributed by atoms with Crippen LogP contribution >= 0.6 is 0 Å². The maximum atomic E-state index is 12.8. The molecule has 11 nitrogen and oxygen atoms in total. The van der Waals surface area contributed by atoms with Crippen LogP contribution in [-0.2, 0) is 9.59 Å². The predicted octanol–water partition coefficient (Wildman–Crippen LogP) is 0.459. The Balaban J connectivity index is 1.44. The number of fused-ring (bicyclic) bond motifs is 1. The number of rotatable bonds is 4. The van der Waals surface area contributed by atoms with Crippen molar-refractivity contribution in [3.63, 3.8) is 0 Å². The summed E-state index contributed by atoms with van der Waals surface area (Å²) >= 11 is 0. The van der Waals surface area contributed by atoms with Gasteiger partial charge in [0.2, 0.25) is 5.91 Å². The minimum atomic E-state index is -0.551. The molecule has 0 unspecified atom stereocenters. The van der Waals surface area contributed by atoms with Crippen molar-refractivity contribution in [2.75, 3.05) is 49.1 Å². The number of non-ortho nitro benzene ring substituents is 1. The van der Waals surface area contributed by atoms with Gasteiger partial charge >= 0.3 is 0 Å². The van der Waals surface area contributed by atoms with E-state index >= 15 is 0 Å². The molecule has 1 saturated heterocycles. The van der Waals surface area contributed by atoms with E-state index in [0.29, 0.717) is 31.9 Å². The lowest BCUT2D eigenvalue weighted by molar-refractivity contribution is -0.384. The molecule has 0 spiro atoms. The van der Waals surface area contributed by atoms with E-state index in [1.54, 1.807) is 23.5 Å². The third-order valence-corrected chi connectivity index (χ3v) is 4.90. The number of hydrogen-bond donors (Lipinski definition) is 0. The number of amides is 2. The summed E-state index contributed by atoms with van der Waals surface area (Å²) in [5, 5.41) is 11.1. The normalized spacial score (nSPS) is 16.3. The maximum Gasteiger partial charge on any atom is 0.271 e. The summed E-state index contributed by atoms with van der Waals surface area (Å²) in [4.78, 5) is 48.9. The highest BCUT2D eigenvalue weighted by Gasteiger charge is 2.31. The summed E-state index contributed by atoms with van der Waals surface area (Å²) in [6.07, 6.45) is 4.89. The van der Waals surface area contributed by atoms with Gasteiger partial charge in [0, 0.05) is 50.7 Å². The van der Waals surface area contributed by atoms with E-state index in [0.717, 1.165) is 5.82 Å². The van der Waals surface area contributed by atoms with Crippen molar-refractivity contribution in [3.8, 4) is 5.75 Å². The molecule has 0 bridgehead atoms. The number of anilines is 2. The highest BCUT2D eigenvalue weighted by Crippen LogP contribution is 2.35. The second kappa shape index (κ2) is 7.70. The van der Waals surface area contributed by atoms with E-state index < -0.39 is 10.8 Å². The number of carbonyl (C=O) groups excluding carboxylic acids is 2. The van der Waals surface area contributed by atoms with Gasteiger partial charge in [-0.3, -0.25) is 29.6 Å². The number of nitro benzene ring substituents is 1. The quantitative estimate of drug-likeness (QED) is 0.538. The molecule has 0 atom stereocenters. The molecule has 29 heavy (non-hydrogen) atoms. The lowest BCUT2D eigenvalue weighted by Crippen LogP contribution is -2.53. The summed E-state index contributed by atoms with van der Waals surface area (Å²) in [6.45, 7) is 1.76. The minimum Gasteiger partial charge on any atom is -0.482 e. The molecule has 2 amide bonds. The van der Waals surface area contributed by atoms with E-state index in [9.17, 15) is 19.7 Å². The SMILES string of the molecule is O=C(CN1C(=O)COc2ccc([N+](=O)[O-])cc21)N1CCN(c2cnccn2)CC1. The lowest BCUT2D eigenvalue weighted by Gasteiger charge is -2.36. The summed E-state index contributed by atoms with van der Waals surface area (Å²) in [7, 11) is 0. The number of nitro groups is 1. The zero-order chi connectivity index (χ0) is 20.4. The first kappa shape index (κ1) is 18.6. The largest absolute Gasteiger partial charge is 0.482 e. The standard InChI is InChI=1S/C18H18N6O5/c25-17(22-7-5-21(6-8-22)16-10-19-3-4-20-16)11-23-14-9-13(24(27)28)1-2-15(14)29-12-18(23)26/h1-4,9-10H,5-8,11-12H2. The van der Waals surface area contributed by atoms with Crippen LogP contribution in [0.5, 0.6) is 5.75 Å². The number of ether oxygens (including phenoxy) is 1. The molecule has 1 aromatic carbocycles. The van der Waals surface area contributed by atoms with Gasteiger partial charge in [-0.05, 0) is 6.07 Å². The molecule has 11 heteroatoms. The van der Waals surface area contributed by atoms with Gasteiger partial charge < -0.3 is 14.5 Å². The van der Waals surface area contributed by atoms with Crippen molar-refractivity contribution in [1.29, 1.82) is 0 Å². The molecule has 0 N–H and O–H groups in total. The fourth-order valence-corrected chi connectivity index (χ4v) is 3.35. The van der Waals surface area contributed by atoms with Crippen molar-refractivity contribution in [2.45, 2.75) is 0 Å². The Kier molecular flexibility index (Phi) is 4.94. The van der Waals surface area contributed by atoms with Crippen LogP contribution < -0.4 is 14.5 Å². The van der Waals surface area contributed by atoms with Gasteiger partial charge in [-0.25, -0.2) is 4.98 Å². The van der Waals surface area contributed by atoms with Crippen molar-refractivity contribution in [3.05, 3.63) is 46.9 Å². The molecule has 0 radical (unpaired) electrons. The van der Waals surface area contributed by atoms with Gasteiger partial charge in [-0.2, -0.15) is 0 Å². The molecule has 0 saturated carbocycles. The molecule has 1 fully saturated rings. The van der Waals surface area contributed by atoms with E-state index in [2.05, 4.69) is 9.97 Å². The molecule has 3 heterocycles. The Morgan fingerprint density at radius 3 is 2.69 bits per heavy atom. The van der Waals surface area contributed by atoms with Crippen LogP contribution in [0.2, 0.25) is 0 Å². The van der Waals surface area contributed by atoms with Gasteiger partial charge in [0.1, 0.15) is 18.1 Å². The third-order valence-electron chi connectivity index (χ3n) is 4.90. The number of nitrogens with zero attached hydrogens (tertiary/aromatic N) is 6. The third kappa shape index (κ3) is 3.79. The van der Waals surface area contributed by atoms with Crippen molar-refractivity contribution < 1.29 is 19.2 Å². The zero-order valence-corrected chi connectivity index (χ0v) is 15.4. The Morgan fingerprint density at radius 2 is 2.00 bits per heavy atom. The summed E-state index contributed by atoms with van der Waals surface area (Å²) in [5.74, 6) is 0.459. The monoisotopic (exact) mass is 398 g/mol. The first-order valence-electron chi connectivity index (χ1n) is 9.03. The maximum absolute atomic E-state index is 12.8. The van der Waals surface area contributed by atoms with Crippen LogP contribution in [0.15, 0.2) is 36.8 Å². The fourth-order valence-electron chi connectivity index (χ4n) is 3.35. The average molecular weight is 398 g/mol. The van der Waals surface area contributed by atoms with Crippen LogP contribution in [-0.4, -0.2) is 70.9 Å². The lowest BCUT2D eigenvalue weighted by atomic mass is 10.2. The van der Waals surface area contributed by atoms with Gasteiger partial charge in [0.05, 0.1) is 16.8 Å². The Morgan fingerprint density at radius 1 is 1.21 bits per heavy atom. The molecular formula is C18H18N6O5. The molecule has 2 aliphatic heterocycles. The number of hydrogen-bond acceptors (Lipinski definition) is 8. The molecule has 4 rings (SSSR count). The van der Waals surface area contributed by atoms with Crippen LogP contribution in [0.4, 0.5) is 17.2 Å².